The van der Waals surface area contributed by atoms with Gasteiger partial charge in [0.2, 0.25) is 29.5 Å². The molecule has 21 heteroatoms. The highest BCUT2D eigenvalue weighted by Gasteiger charge is 2.26. The van der Waals surface area contributed by atoms with Gasteiger partial charge in [0.25, 0.3) is 0 Å². The van der Waals surface area contributed by atoms with Gasteiger partial charge >= 0.3 is 18.0 Å². The molecular weight excluding hydrogens is 720 g/mol. The van der Waals surface area contributed by atoms with Crippen LogP contribution < -0.4 is 31.9 Å². The van der Waals surface area contributed by atoms with Crippen molar-refractivity contribution < 1.29 is 71.9 Å². The van der Waals surface area contributed by atoms with Crippen LogP contribution in [0.5, 0.6) is 0 Å². The predicted molar refractivity (Wildman–Crippen MR) is 189 cm³/mol. The van der Waals surface area contributed by atoms with Crippen molar-refractivity contribution in [2.24, 2.45) is 0 Å². The van der Waals surface area contributed by atoms with Crippen molar-refractivity contribution in [1.29, 1.82) is 0 Å². The Hall–Kier alpha value is -4.60. The quantitative estimate of drug-likeness (QED) is 0.0338. The highest BCUT2D eigenvalue weighted by atomic mass is 16.6. The minimum Gasteiger partial charge on any atom is -0.481 e. The summed E-state index contributed by atoms with van der Waals surface area (Å²) in [7, 11) is 0. The lowest BCUT2D eigenvalue weighted by Crippen LogP contribution is -2.51. The molecule has 0 radical (unpaired) electrons. The number of alkyl carbamates (subject to hydrolysis) is 1. The smallest absolute Gasteiger partial charge is 0.408 e. The molecule has 0 aromatic carbocycles. The summed E-state index contributed by atoms with van der Waals surface area (Å²) in [6, 6.07) is -1.24. The molecule has 0 aromatic heterocycles. The number of rotatable bonds is 28. The van der Waals surface area contributed by atoms with Crippen LogP contribution in [0, 0.1) is 0 Å². The van der Waals surface area contributed by atoms with E-state index in [0.717, 1.165) is 0 Å². The molecule has 6 amide bonds. The molecular formula is C33H58N6O15. The molecule has 0 bridgehead atoms. The second-order valence-corrected chi connectivity index (χ2v) is 13.3. The standard InChI is InChI=1S/C33H58N6O15/c1-32(2,3)53-29(46)8-7-23(39-31(48)54-33(4,5)6)30(47)38-22-27(43)37-21-26(42)36-20-25(41)35-19-24(40)34-10-12-50-14-16-52-18-17-51-15-13-49-11-9-28(44)45/h23H,7-22H2,1-6H3,(H,34,40)(H,35,41)(H,36,42)(H,37,43)(H,38,47)(H,39,48)(H,44,45)/t23-/m0/s1. The lowest BCUT2D eigenvalue weighted by atomic mass is 10.1. The molecule has 7 N–H and O–H groups in total. The summed E-state index contributed by atoms with van der Waals surface area (Å²) >= 11 is 0. The molecule has 0 fully saturated rings. The summed E-state index contributed by atoms with van der Waals surface area (Å²) in [5.74, 6) is -4.91. The van der Waals surface area contributed by atoms with Crippen LogP contribution in [0.4, 0.5) is 4.79 Å². The summed E-state index contributed by atoms with van der Waals surface area (Å²) in [6.45, 7) is 10.4. The number of carboxylic acid groups (broad SMARTS) is 1. The van der Waals surface area contributed by atoms with E-state index < -0.39 is 84.4 Å². The van der Waals surface area contributed by atoms with Gasteiger partial charge in [0, 0.05) is 13.0 Å². The van der Waals surface area contributed by atoms with E-state index in [9.17, 15) is 38.4 Å². The molecule has 310 valence electrons. The van der Waals surface area contributed by atoms with Crippen LogP contribution in [-0.4, -0.2) is 155 Å². The van der Waals surface area contributed by atoms with Gasteiger partial charge in [-0.3, -0.25) is 33.6 Å². The number of ether oxygens (including phenoxy) is 6. The van der Waals surface area contributed by atoms with Crippen LogP contribution in [0.25, 0.3) is 0 Å². The second kappa shape index (κ2) is 27.9. The number of aliphatic carboxylic acids is 1. The number of hydrogen-bond donors (Lipinski definition) is 7. The van der Waals surface area contributed by atoms with Crippen molar-refractivity contribution in [1.82, 2.24) is 31.9 Å². The number of esters is 1. The third kappa shape index (κ3) is 32.1. The van der Waals surface area contributed by atoms with Gasteiger partial charge in [0.05, 0.1) is 85.5 Å². The zero-order valence-corrected chi connectivity index (χ0v) is 32.1. The monoisotopic (exact) mass is 778 g/mol. The molecule has 0 aliphatic heterocycles. The minimum absolute atomic E-state index is 0.0594. The van der Waals surface area contributed by atoms with Crippen LogP contribution in [0.2, 0.25) is 0 Å². The molecule has 0 spiro atoms. The maximum Gasteiger partial charge on any atom is 0.408 e. The summed E-state index contributed by atoms with van der Waals surface area (Å²) in [4.78, 5) is 95.7. The maximum absolute atomic E-state index is 12.8. The van der Waals surface area contributed by atoms with Gasteiger partial charge < -0.3 is 65.4 Å². The summed E-state index contributed by atoms with van der Waals surface area (Å²) < 4.78 is 31.4. The van der Waals surface area contributed by atoms with Crippen molar-refractivity contribution in [3.8, 4) is 0 Å². The Morgan fingerprint density at radius 1 is 0.519 bits per heavy atom. The first-order valence-electron chi connectivity index (χ1n) is 17.4. The molecule has 0 heterocycles. The van der Waals surface area contributed by atoms with E-state index in [0.29, 0.717) is 33.0 Å². The Morgan fingerprint density at radius 2 is 0.926 bits per heavy atom. The van der Waals surface area contributed by atoms with Crippen LogP contribution in [0.15, 0.2) is 0 Å². The SMILES string of the molecule is CC(C)(C)OC(=O)CC[C@H](NC(=O)OC(C)(C)C)C(=O)NCC(=O)NCC(=O)NCC(=O)NCC(=O)NCCOCCOCCOCCOCCC(=O)O. The van der Waals surface area contributed by atoms with E-state index in [-0.39, 0.29) is 52.2 Å². The highest BCUT2D eigenvalue weighted by molar-refractivity contribution is 5.92. The minimum atomic E-state index is -1.24. The topological polar surface area (TPSA) is 284 Å². The summed E-state index contributed by atoms with van der Waals surface area (Å²) in [5, 5.41) is 22.6. The molecule has 0 saturated carbocycles. The van der Waals surface area contributed by atoms with Crippen molar-refractivity contribution in [3.63, 3.8) is 0 Å². The third-order valence-electron chi connectivity index (χ3n) is 5.97. The molecule has 0 aliphatic rings. The van der Waals surface area contributed by atoms with Gasteiger partial charge in [0.15, 0.2) is 0 Å². The Balaban J connectivity index is 4.16. The normalized spacial score (nSPS) is 11.7. The Bertz CT molecular complexity index is 1200. The molecule has 0 aromatic rings. The molecule has 0 aliphatic carbocycles. The van der Waals surface area contributed by atoms with Crippen molar-refractivity contribution in [3.05, 3.63) is 0 Å². The average Bonchev–Trinajstić information content (AvgIpc) is 3.06. The fraction of sp³-hybridized carbons (Fsp3) is 0.758. The van der Waals surface area contributed by atoms with E-state index in [1.54, 1.807) is 41.5 Å². The largest absolute Gasteiger partial charge is 0.481 e. The van der Waals surface area contributed by atoms with Crippen molar-refractivity contribution >= 4 is 47.6 Å². The number of carboxylic acids is 1. The third-order valence-corrected chi connectivity index (χ3v) is 5.97. The molecule has 21 nitrogen and oxygen atoms in total. The number of amides is 6. The van der Waals surface area contributed by atoms with E-state index in [1.807, 2.05) is 0 Å². The highest BCUT2D eigenvalue weighted by Crippen LogP contribution is 2.11. The van der Waals surface area contributed by atoms with Crippen LogP contribution >= 0.6 is 0 Å². The second-order valence-electron chi connectivity index (χ2n) is 13.3. The van der Waals surface area contributed by atoms with Crippen LogP contribution in [0.1, 0.15) is 60.8 Å². The maximum atomic E-state index is 12.8. The molecule has 54 heavy (non-hydrogen) atoms. The van der Waals surface area contributed by atoms with Gasteiger partial charge in [-0.15, -0.1) is 0 Å². The van der Waals surface area contributed by atoms with E-state index in [2.05, 4.69) is 31.9 Å². The van der Waals surface area contributed by atoms with Crippen molar-refractivity contribution in [2.45, 2.75) is 78.0 Å². The van der Waals surface area contributed by atoms with E-state index in [4.69, 9.17) is 33.5 Å². The van der Waals surface area contributed by atoms with Crippen LogP contribution in [-0.2, 0) is 62.0 Å². The average molecular weight is 779 g/mol. The zero-order valence-electron chi connectivity index (χ0n) is 32.1. The zero-order chi connectivity index (χ0) is 41.0. The lowest BCUT2D eigenvalue weighted by molar-refractivity contribution is -0.155. The molecule has 0 unspecified atom stereocenters. The number of hydrogen-bond acceptors (Lipinski definition) is 14. The van der Waals surface area contributed by atoms with Gasteiger partial charge in [-0.2, -0.15) is 0 Å². The molecule has 0 saturated heterocycles. The van der Waals surface area contributed by atoms with E-state index >= 15 is 0 Å². The Morgan fingerprint density at radius 3 is 1.37 bits per heavy atom. The Labute approximate surface area is 314 Å². The fourth-order valence-corrected chi connectivity index (χ4v) is 3.63. The first-order valence-corrected chi connectivity index (χ1v) is 17.4. The molecule has 1 atom stereocenters. The number of nitrogens with one attached hydrogen (secondary N) is 6. The first-order chi connectivity index (χ1) is 25.3. The lowest BCUT2D eigenvalue weighted by Gasteiger charge is -2.24. The number of carbonyl (C=O) groups excluding carboxylic acids is 7. The van der Waals surface area contributed by atoms with Gasteiger partial charge in [-0.25, -0.2) is 4.79 Å². The Kier molecular flexibility index (Phi) is 25.5. The fourth-order valence-electron chi connectivity index (χ4n) is 3.63. The van der Waals surface area contributed by atoms with Crippen LogP contribution in [0.3, 0.4) is 0 Å². The van der Waals surface area contributed by atoms with Gasteiger partial charge in [-0.1, -0.05) is 0 Å². The van der Waals surface area contributed by atoms with E-state index in [1.165, 1.54) is 0 Å². The number of carbonyl (C=O) groups is 8. The predicted octanol–water partition coefficient (Wildman–Crippen LogP) is -1.88. The molecule has 0 rings (SSSR count). The first kappa shape index (κ1) is 49.4. The van der Waals surface area contributed by atoms with Crippen molar-refractivity contribution in [2.75, 3.05) is 85.6 Å². The summed E-state index contributed by atoms with van der Waals surface area (Å²) in [6.07, 6.45) is -1.31. The summed E-state index contributed by atoms with van der Waals surface area (Å²) in [5.41, 5.74) is -1.61. The van der Waals surface area contributed by atoms with Gasteiger partial charge in [0.1, 0.15) is 17.2 Å². The van der Waals surface area contributed by atoms with Gasteiger partial charge in [-0.05, 0) is 48.0 Å².